The Kier molecular flexibility index (Phi) is 3.93. The Labute approximate surface area is 103 Å². The number of hydrogen-bond donors (Lipinski definition) is 1. The van der Waals surface area contributed by atoms with Gasteiger partial charge in [0.2, 0.25) is 0 Å². The van der Waals surface area contributed by atoms with Crippen molar-refractivity contribution in [3.05, 3.63) is 29.3 Å². The maximum atomic E-state index is 6.21. The molecule has 0 bridgehead atoms. The second-order valence-corrected chi connectivity index (χ2v) is 6.07. The molecule has 2 heteroatoms. The SMILES string of the molecule is Cc1cccc(C)c1S[C@H]1CCCC[C@@H]1N. The van der Waals surface area contributed by atoms with Gasteiger partial charge in [-0.3, -0.25) is 0 Å². The van der Waals surface area contributed by atoms with E-state index in [1.807, 2.05) is 11.8 Å². The van der Waals surface area contributed by atoms with Crippen LogP contribution in [0.5, 0.6) is 0 Å². The molecule has 0 unspecified atom stereocenters. The Bertz CT molecular complexity index is 342. The molecule has 0 aliphatic heterocycles. The summed E-state index contributed by atoms with van der Waals surface area (Å²) in [7, 11) is 0. The molecule has 0 amide bonds. The van der Waals surface area contributed by atoms with Gasteiger partial charge in [0.1, 0.15) is 0 Å². The van der Waals surface area contributed by atoms with E-state index in [4.69, 9.17) is 5.73 Å². The molecular weight excluding hydrogens is 214 g/mol. The second kappa shape index (κ2) is 5.24. The molecule has 0 radical (unpaired) electrons. The first-order valence-corrected chi connectivity index (χ1v) is 7.05. The summed E-state index contributed by atoms with van der Waals surface area (Å²) in [6.45, 7) is 4.40. The predicted molar refractivity (Wildman–Crippen MR) is 72.0 cm³/mol. The maximum absolute atomic E-state index is 6.21. The molecule has 2 atom stereocenters. The zero-order valence-electron chi connectivity index (χ0n) is 10.2. The van der Waals surface area contributed by atoms with Crippen molar-refractivity contribution in [1.82, 2.24) is 0 Å². The van der Waals surface area contributed by atoms with Crippen LogP contribution in [0.3, 0.4) is 0 Å². The summed E-state index contributed by atoms with van der Waals surface area (Å²) < 4.78 is 0. The van der Waals surface area contributed by atoms with E-state index in [-0.39, 0.29) is 0 Å². The zero-order valence-corrected chi connectivity index (χ0v) is 11.0. The van der Waals surface area contributed by atoms with Crippen molar-refractivity contribution in [2.75, 3.05) is 0 Å². The number of nitrogens with two attached hydrogens (primary N) is 1. The summed E-state index contributed by atoms with van der Waals surface area (Å²) in [5.74, 6) is 0. The van der Waals surface area contributed by atoms with E-state index in [0.717, 1.165) is 0 Å². The summed E-state index contributed by atoms with van der Waals surface area (Å²) in [4.78, 5) is 1.45. The van der Waals surface area contributed by atoms with Gasteiger partial charge in [-0.1, -0.05) is 31.0 Å². The van der Waals surface area contributed by atoms with Crippen LogP contribution in [-0.2, 0) is 0 Å². The molecular formula is C14H21NS. The average molecular weight is 235 g/mol. The maximum Gasteiger partial charge on any atom is 0.0246 e. The van der Waals surface area contributed by atoms with Crippen molar-refractivity contribution in [3.8, 4) is 0 Å². The molecule has 88 valence electrons. The minimum Gasteiger partial charge on any atom is -0.327 e. The van der Waals surface area contributed by atoms with Gasteiger partial charge in [0, 0.05) is 16.2 Å². The van der Waals surface area contributed by atoms with Gasteiger partial charge in [-0.25, -0.2) is 0 Å². The fraction of sp³-hybridized carbons (Fsp3) is 0.571. The van der Waals surface area contributed by atoms with Gasteiger partial charge < -0.3 is 5.73 Å². The monoisotopic (exact) mass is 235 g/mol. The van der Waals surface area contributed by atoms with Crippen LogP contribution in [0.1, 0.15) is 36.8 Å². The fourth-order valence-corrected chi connectivity index (χ4v) is 3.81. The molecule has 0 saturated heterocycles. The molecule has 1 aliphatic carbocycles. The van der Waals surface area contributed by atoms with Crippen molar-refractivity contribution in [2.45, 2.75) is 55.7 Å². The van der Waals surface area contributed by atoms with E-state index < -0.39 is 0 Å². The van der Waals surface area contributed by atoms with Crippen LogP contribution in [0.15, 0.2) is 23.1 Å². The molecule has 1 fully saturated rings. The molecule has 2 rings (SSSR count). The Morgan fingerprint density at radius 1 is 1.12 bits per heavy atom. The number of hydrogen-bond acceptors (Lipinski definition) is 2. The number of rotatable bonds is 2. The first kappa shape index (κ1) is 12.0. The van der Waals surface area contributed by atoms with Crippen molar-refractivity contribution < 1.29 is 0 Å². The third-order valence-electron chi connectivity index (χ3n) is 3.43. The van der Waals surface area contributed by atoms with Crippen LogP contribution >= 0.6 is 11.8 Å². The first-order chi connectivity index (χ1) is 7.68. The molecule has 1 aliphatic rings. The average Bonchev–Trinajstić information content (AvgIpc) is 2.26. The Morgan fingerprint density at radius 3 is 2.38 bits per heavy atom. The van der Waals surface area contributed by atoms with Gasteiger partial charge in [-0.05, 0) is 37.8 Å². The highest BCUT2D eigenvalue weighted by molar-refractivity contribution is 8.00. The third-order valence-corrected chi connectivity index (χ3v) is 5.20. The van der Waals surface area contributed by atoms with Crippen molar-refractivity contribution in [2.24, 2.45) is 5.73 Å². The van der Waals surface area contributed by atoms with Gasteiger partial charge >= 0.3 is 0 Å². The highest BCUT2D eigenvalue weighted by atomic mass is 32.2. The molecule has 0 heterocycles. The van der Waals surface area contributed by atoms with Crippen molar-refractivity contribution in [1.29, 1.82) is 0 Å². The van der Waals surface area contributed by atoms with E-state index in [1.165, 1.54) is 41.7 Å². The quantitative estimate of drug-likeness (QED) is 0.846. The summed E-state index contributed by atoms with van der Waals surface area (Å²) in [6.07, 6.45) is 5.13. The van der Waals surface area contributed by atoms with E-state index in [1.54, 1.807) is 0 Å². The molecule has 1 aromatic rings. The molecule has 16 heavy (non-hydrogen) atoms. The van der Waals surface area contributed by atoms with Gasteiger partial charge in [-0.15, -0.1) is 11.8 Å². The van der Waals surface area contributed by atoms with Crippen molar-refractivity contribution in [3.63, 3.8) is 0 Å². The van der Waals surface area contributed by atoms with Crippen LogP contribution in [0.25, 0.3) is 0 Å². The molecule has 0 aromatic heterocycles. The molecule has 1 saturated carbocycles. The number of benzene rings is 1. The van der Waals surface area contributed by atoms with Gasteiger partial charge in [0.15, 0.2) is 0 Å². The van der Waals surface area contributed by atoms with E-state index in [2.05, 4.69) is 32.0 Å². The summed E-state index contributed by atoms with van der Waals surface area (Å²) in [5, 5.41) is 0.619. The van der Waals surface area contributed by atoms with Gasteiger partial charge in [-0.2, -0.15) is 0 Å². The van der Waals surface area contributed by atoms with E-state index in [0.29, 0.717) is 11.3 Å². The normalized spacial score (nSPS) is 25.7. The predicted octanol–water partition coefficient (Wildman–Crippen LogP) is 3.67. The molecule has 0 spiro atoms. The summed E-state index contributed by atoms with van der Waals surface area (Å²) >= 11 is 2.00. The zero-order chi connectivity index (χ0) is 11.5. The highest BCUT2D eigenvalue weighted by Gasteiger charge is 2.23. The Morgan fingerprint density at radius 2 is 1.75 bits per heavy atom. The lowest BCUT2D eigenvalue weighted by Crippen LogP contribution is -2.35. The standard InChI is InChI=1S/C14H21NS/c1-10-6-5-7-11(2)14(10)16-13-9-4-3-8-12(13)15/h5-7,12-13H,3-4,8-9,15H2,1-2H3/t12-,13-/m0/s1. The van der Waals surface area contributed by atoms with Crippen LogP contribution < -0.4 is 5.73 Å². The van der Waals surface area contributed by atoms with E-state index >= 15 is 0 Å². The minimum absolute atomic E-state index is 0.387. The highest BCUT2D eigenvalue weighted by Crippen LogP contribution is 2.36. The second-order valence-electron chi connectivity index (χ2n) is 4.83. The smallest absolute Gasteiger partial charge is 0.0246 e. The summed E-state index contributed by atoms with van der Waals surface area (Å²) in [5.41, 5.74) is 8.99. The lowest BCUT2D eigenvalue weighted by molar-refractivity contribution is 0.453. The van der Waals surface area contributed by atoms with Gasteiger partial charge in [0.05, 0.1) is 0 Å². The Balaban J connectivity index is 2.13. The number of aryl methyl sites for hydroxylation is 2. The van der Waals surface area contributed by atoms with E-state index in [9.17, 15) is 0 Å². The third kappa shape index (κ3) is 2.61. The topological polar surface area (TPSA) is 26.0 Å². The fourth-order valence-electron chi connectivity index (χ4n) is 2.41. The number of thioether (sulfide) groups is 1. The summed E-state index contributed by atoms with van der Waals surface area (Å²) in [6, 6.07) is 6.92. The molecule has 1 nitrogen and oxygen atoms in total. The minimum atomic E-state index is 0.387. The Hall–Kier alpha value is -0.470. The lowest BCUT2D eigenvalue weighted by Gasteiger charge is -2.28. The van der Waals surface area contributed by atoms with Crippen molar-refractivity contribution >= 4 is 11.8 Å². The first-order valence-electron chi connectivity index (χ1n) is 6.17. The largest absolute Gasteiger partial charge is 0.327 e. The molecule has 2 N–H and O–H groups in total. The van der Waals surface area contributed by atoms with Crippen LogP contribution in [-0.4, -0.2) is 11.3 Å². The van der Waals surface area contributed by atoms with Crippen LogP contribution in [0.2, 0.25) is 0 Å². The van der Waals surface area contributed by atoms with Gasteiger partial charge in [0.25, 0.3) is 0 Å². The van der Waals surface area contributed by atoms with Crippen LogP contribution in [0.4, 0.5) is 0 Å². The molecule has 1 aromatic carbocycles. The lowest BCUT2D eigenvalue weighted by atomic mass is 9.96. The van der Waals surface area contributed by atoms with Crippen LogP contribution in [0, 0.1) is 13.8 Å².